The summed E-state index contributed by atoms with van der Waals surface area (Å²) in [6, 6.07) is -0.187. The van der Waals surface area contributed by atoms with Gasteiger partial charge >= 0.3 is 0 Å². The van der Waals surface area contributed by atoms with Crippen LogP contribution in [0.3, 0.4) is 0 Å². The zero-order valence-electron chi connectivity index (χ0n) is 9.62. The molecule has 0 saturated carbocycles. The van der Waals surface area contributed by atoms with Crippen LogP contribution >= 0.6 is 0 Å². The normalized spacial score (nSPS) is 23.9. The van der Waals surface area contributed by atoms with E-state index in [0.717, 1.165) is 25.8 Å². The monoisotopic (exact) mass is 214 g/mol. The molecule has 4 nitrogen and oxygen atoms in total. The topological polar surface area (TPSA) is 61.4 Å². The summed E-state index contributed by atoms with van der Waals surface area (Å²) in [4.78, 5) is 11.8. The number of carbonyl (C=O) groups excluding carboxylic acids is 1. The number of carbonyl (C=O) groups is 1. The molecule has 0 spiro atoms. The fourth-order valence-corrected chi connectivity index (χ4v) is 1.78. The molecule has 1 fully saturated rings. The molecular formula is C11H22N2O2. The first-order chi connectivity index (χ1) is 7.15. The molecule has 1 aliphatic rings. The first-order valence-corrected chi connectivity index (χ1v) is 5.79. The largest absolute Gasteiger partial charge is 0.394 e. The minimum atomic E-state index is -0.124. The average Bonchev–Trinajstić information content (AvgIpc) is 2.26. The highest BCUT2D eigenvalue weighted by Crippen LogP contribution is 2.08. The van der Waals surface area contributed by atoms with Crippen molar-refractivity contribution < 1.29 is 9.90 Å². The van der Waals surface area contributed by atoms with Crippen LogP contribution in [0.2, 0.25) is 0 Å². The van der Waals surface area contributed by atoms with Gasteiger partial charge in [0.05, 0.1) is 18.7 Å². The van der Waals surface area contributed by atoms with Crippen LogP contribution in [0, 0.1) is 5.92 Å². The van der Waals surface area contributed by atoms with Gasteiger partial charge in [-0.1, -0.05) is 20.3 Å². The van der Waals surface area contributed by atoms with Gasteiger partial charge in [-0.3, -0.25) is 4.79 Å². The maximum absolute atomic E-state index is 11.8. The molecule has 1 rings (SSSR count). The van der Waals surface area contributed by atoms with E-state index in [9.17, 15) is 4.79 Å². The molecule has 0 aromatic rings. The summed E-state index contributed by atoms with van der Waals surface area (Å²) in [7, 11) is 0. The number of aliphatic hydroxyl groups excluding tert-OH is 1. The molecule has 4 heteroatoms. The van der Waals surface area contributed by atoms with Crippen molar-refractivity contribution in [1.82, 2.24) is 10.6 Å². The van der Waals surface area contributed by atoms with Crippen LogP contribution in [-0.2, 0) is 4.79 Å². The first-order valence-electron chi connectivity index (χ1n) is 5.79. The molecule has 0 aliphatic carbocycles. The minimum Gasteiger partial charge on any atom is -0.394 e. The van der Waals surface area contributed by atoms with Crippen LogP contribution in [0.5, 0.6) is 0 Å². The number of amides is 1. The summed E-state index contributed by atoms with van der Waals surface area (Å²) in [5, 5.41) is 15.2. The molecule has 1 amide bonds. The zero-order chi connectivity index (χ0) is 11.3. The van der Waals surface area contributed by atoms with Gasteiger partial charge in [0.15, 0.2) is 0 Å². The molecule has 1 aliphatic heterocycles. The molecule has 1 saturated heterocycles. The van der Waals surface area contributed by atoms with E-state index in [1.54, 1.807) is 0 Å². The van der Waals surface area contributed by atoms with Crippen molar-refractivity contribution in [3.63, 3.8) is 0 Å². The van der Waals surface area contributed by atoms with Gasteiger partial charge in [0, 0.05) is 0 Å². The smallest absolute Gasteiger partial charge is 0.237 e. The van der Waals surface area contributed by atoms with E-state index in [1.165, 1.54) is 0 Å². The van der Waals surface area contributed by atoms with Gasteiger partial charge in [-0.15, -0.1) is 0 Å². The molecule has 0 aromatic carbocycles. The Labute approximate surface area is 91.4 Å². The molecule has 1 heterocycles. The predicted octanol–water partition coefficient (Wildman–Crippen LogP) is 0.262. The van der Waals surface area contributed by atoms with Crippen LogP contribution in [0.4, 0.5) is 0 Å². The molecule has 0 aromatic heterocycles. The quantitative estimate of drug-likeness (QED) is 0.629. The Bertz CT molecular complexity index is 201. The number of hydrogen-bond donors (Lipinski definition) is 3. The number of rotatable bonds is 4. The van der Waals surface area contributed by atoms with E-state index >= 15 is 0 Å². The summed E-state index contributed by atoms with van der Waals surface area (Å²) in [6.45, 7) is 4.92. The third kappa shape index (κ3) is 3.80. The Hall–Kier alpha value is -0.610. The second-order valence-electron chi connectivity index (χ2n) is 4.54. The van der Waals surface area contributed by atoms with Gasteiger partial charge in [-0.25, -0.2) is 0 Å². The highest BCUT2D eigenvalue weighted by atomic mass is 16.3. The molecule has 88 valence electrons. The summed E-state index contributed by atoms with van der Waals surface area (Å²) in [5.41, 5.74) is 0. The Morgan fingerprint density at radius 1 is 1.53 bits per heavy atom. The van der Waals surface area contributed by atoms with Crippen LogP contribution in [0.15, 0.2) is 0 Å². The van der Waals surface area contributed by atoms with Crippen LogP contribution in [-0.4, -0.2) is 36.2 Å². The minimum absolute atomic E-state index is 0.0100. The third-order valence-corrected chi connectivity index (χ3v) is 2.96. The van der Waals surface area contributed by atoms with E-state index in [-0.39, 0.29) is 30.5 Å². The molecule has 15 heavy (non-hydrogen) atoms. The molecule has 1 unspecified atom stereocenters. The fraction of sp³-hybridized carbons (Fsp3) is 0.909. The number of piperidine rings is 1. The number of nitrogens with one attached hydrogen (secondary N) is 2. The van der Waals surface area contributed by atoms with Crippen molar-refractivity contribution in [2.75, 3.05) is 13.2 Å². The Kier molecular flexibility index (Phi) is 5.05. The predicted molar refractivity (Wildman–Crippen MR) is 59.5 cm³/mol. The highest BCUT2D eigenvalue weighted by molar-refractivity contribution is 5.82. The summed E-state index contributed by atoms with van der Waals surface area (Å²) < 4.78 is 0. The van der Waals surface area contributed by atoms with Gasteiger partial charge in [-0.2, -0.15) is 0 Å². The van der Waals surface area contributed by atoms with Crippen molar-refractivity contribution >= 4 is 5.91 Å². The average molecular weight is 214 g/mol. The molecular weight excluding hydrogens is 192 g/mol. The molecule has 2 atom stereocenters. The van der Waals surface area contributed by atoms with Crippen LogP contribution < -0.4 is 10.6 Å². The van der Waals surface area contributed by atoms with E-state index in [2.05, 4.69) is 10.6 Å². The Morgan fingerprint density at radius 2 is 2.27 bits per heavy atom. The maximum Gasteiger partial charge on any atom is 0.237 e. The fourth-order valence-electron chi connectivity index (χ4n) is 1.78. The lowest BCUT2D eigenvalue weighted by Crippen LogP contribution is -2.51. The number of hydrogen-bond acceptors (Lipinski definition) is 3. The molecule has 0 bridgehead atoms. The second-order valence-corrected chi connectivity index (χ2v) is 4.54. The maximum atomic E-state index is 11.8. The van der Waals surface area contributed by atoms with Gasteiger partial charge in [0.2, 0.25) is 5.91 Å². The van der Waals surface area contributed by atoms with Gasteiger partial charge in [0.1, 0.15) is 0 Å². The zero-order valence-corrected chi connectivity index (χ0v) is 9.62. The molecule has 3 N–H and O–H groups in total. The van der Waals surface area contributed by atoms with Crippen molar-refractivity contribution in [2.45, 2.75) is 45.2 Å². The van der Waals surface area contributed by atoms with Gasteiger partial charge in [-0.05, 0) is 25.3 Å². The highest BCUT2D eigenvalue weighted by Gasteiger charge is 2.23. The van der Waals surface area contributed by atoms with Gasteiger partial charge < -0.3 is 15.7 Å². The van der Waals surface area contributed by atoms with Crippen molar-refractivity contribution in [3.8, 4) is 0 Å². The lowest BCUT2D eigenvalue weighted by molar-refractivity contribution is -0.125. The summed E-state index contributed by atoms with van der Waals surface area (Å²) in [5.74, 6) is 0.296. The number of aliphatic hydroxyl groups is 1. The summed E-state index contributed by atoms with van der Waals surface area (Å²) >= 11 is 0. The lowest BCUT2D eigenvalue weighted by atomic mass is 10.0. The summed E-state index contributed by atoms with van der Waals surface area (Å²) in [6.07, 6.45) is 3.16. The third-order valence-electron chi connectivity index (χ3n) is 2.96. The van der Waals surface area contributed by atoms with E-state index in [4.69, 9.17) is 5.11 Å². The second kappa shape index (κ2) is 6.08. The van der Waals surface area contributed by atoms with Crippen molar-refractivity contribution in [2.24, 2.45) is 5.92 Å². The van der Waals surface area contributed by atoms with E-state index < -0.39 is 0 Å². The lowest BCUT2D eigenvalue weighted by Gasteiger charge is -2.26. The molecule has 0 radical (unpaired) electrons. The van der Waals surface area contributed by atoms with E-state index in [0.29, 0.717) is 0 Å². The van der Waals surface area contributed by atoms with Crippen molar-refractivity contribution in [1.29, 1.82) is 0 Å². The SMILES string of the molecule is CC(C)C(CO)NC(=O)[C@@H]1CCCCN1. The van der Waals surface area contributed by atoms with Gasteiger partial charge in [0.25, 0.3) is 0 Å². The van der Waals surface area contributed by atoms with E-state index in [1.807, 2.05) is 13.8 Å². The Morgan fingerprint density at radius 3 is 2.73 bits per heavy atom. The first kappa shape index (κ1) is 12.5. The standard InChI is InChI=1S/C11H22N2O2/c1-8(2)10(7-14)13-11(15)9-5-3-4-6-12-9/h8-10,12,14H,3-7H2,1-2H3,(H,13,15)/t9-,10?/m0/s1. The van der Waals surface area contributed by atoms with Crippen LogP contribution in [0.1, 0.15) is 33.1 Å². The van der Waals surface area contributed by atoms with Crippen LogP contribution in [0.25, 0.3) is 0 Å². The van der Waals surface area contributed by atoms with Crippen molar-refractivity contribution in [3.05, 3.63) is 0 Å². The Balaban J connectivity index is 2.38.